The topological polar surface area (TPSA) is 145 Å². The third kappa shape index (κ3) is 27.7. The Balaban J connectivity index is -0.00000264. The fourth-order valence-corrected chi connectivity index (χ4v) is 3.03. The highest BCUT2D eigenvalue weighted by molar-refractivity contribution is 5.66. The molecule has 0 fully saturated rings. The van der Waals surface area contributed by atoms with E-state index in [1.54, 1.807) is 0 Å². The number of hydrogen-bond acceptors (Lipinski definition) is 4. The predicted octanol–water partition coefficient (Wildman–Crippen LogP) is 6.50. The summed E-state index contributed by atoms with van der Waals surface area (Å²) in [6.07, 6.45) is 19.9. The second-order valence-corrected chi connectivity index (χ2v) is 6.94. The van der Waals surface area contributed by atoms with Crippen LogP contribution >= 0.6 is 0 Å². The summed E-state index contributed by atoms with van der Waals surface area (Å²) in [6.45, 7) is 0. The van der Waals surface area contributed by atoms with Crippen molar-refractivity contribution in [2.24, 2.45) is 0 Å². The van der Waals surface area contributed by atoms with Gasteiger partial charge in [0.05, 0.1) is 0 Å². The van der Waals surface area contributed by atoms with Gasteiger partial charge in [-0.25, -0.2) is 0 Å². The molecule has 0 atom stereocenters. The normalized spacial score (nSPS) is 10.0. The fraction of sp³-hybridized carbons (Fsp3) is 0.900. The van der Waals surface area contributed by atoms with E-state index in [4.69, 9.17) is 10.2 Å². The van der Waals surface area contributed by atoms with Gasteiger partial charge in [0.2, 0.25) is 0 Å². The SMILES string of the molecule is N.N.O=C(O)CCCCCCCCCCCCCCCCCCC(=O)O. The number of unbranched alkanes of at least 4 members (excludes halogenated alkanes) is 15. The van der Waals surface area contributed by atoms with Gasteiger partial charge in [0, 0.05) is 12.8 Å². The Morgan fingerprint density at radius 3 is 0.692 bits per heavy atom. The molecule has 0 aliphatic rings. The molecule has 8 N–H and O–H groups in total. The second kappa shape index (κ2) is 23.9. The van der Waals surface area contributed by atoms with E-state index >= 15 is 0 Å². The first-order valence-electron chi connectivity index (χ1n) is 10.1. The van der Waals surface area contributed by atoms with Crippen LogP contribution in [0.4, 0.5) is 0 Å². The molecule has 0 spiro atoms. The lowest BCUT2D eigenvalue weighted by atomic mass is 10.0. The number of rotatable bonds is 19. The van der Waals surface area contributed by atoms with Crippen LogP contribution in [0, 0.1) is 0 Å². The molecule has 0 rings (SSSR count). The molecule has 0 radical (unpaired) electrons. The van der Waals surface area contributed by atoms with E-state index in [2.05, 4.69) is 0 Å². The molecule has 0 aliphatic carbocycles. The minimum Gasteiger partial charge on any atom is -0.481 e. The molecule has 0 unspecified atom stereocenters. The summed E-state index contributed by atoms with van der Waals surface area (Å²) < 4.78 is 0. The third-order valence-corrected chi connectivity index (χ3v) is 4.53. The Labute approximate surface area is 160 Å². The quantitative estimate of drug-likeness (QED) is 0.189. The highest BCUT2D eigenvalue weighted by atomic mass is 16.4. The molecule has 6 heteroatoms. The first-order chi connectivity index (χ1) is 11.6. The van der Waals surface area contributed by atoms with Crippen LogP contribution in [0.1, 0.15) is 116 Å². The largest absolute Gasteiger partial charge is 0.481 e. The molecule has 0 amide bonds. The van der Waals surface area contributed by atoms with Crippen molar-refractivity contribution in [1.29, 1.82) is 0 Å². The first-order valence-corrected chi connectivity index (χ1v) is 10.1. The Kier molecular flexibility index (Phi) is 27.2. The van der Waals surface area contributed by atoms with Gasteiger partial charge >= 0.3 is 11.9 Å². The maximum atomic E-state index is 10.4. The lowest BCUT2D eigenvalue weighted by molar-refractivity contribution is -0.138. The van der Waals surface area contributed by atoms with Gasteiger partial charge < -0.3 is 22.5 Å². The van der Waals surface area contributed by atoms with E-state index in [9.17, 15) is 9.59 Å². The second-order valence-electron chi connectivity index (χ2n) is 6.94. The van der Waals surface area contributed by atoms with Crippen molar-refractivity contribution in [1.82, 2.24) is 12.3 Å². The fourth-order valence-electron chi connectivity index (χ4n) is 3.03. The maximum absolute atomic E-state index is 10.4. The zero-order chi connectivity index (χ0) is 17.9. The molecular weight excluding hydrogens is 332 g/mol. The number of carbonyl (C=O) groups is 2. The van der Waals surface area contributed by atoms with Gasteiger partial charge in [-0.1, -0.05) is 89.9 Å². The summed E-state index contributed by atoms with van der Waals surface area (Å²) in [5.41, 5.74) is 0. The van der Waals surface area contributed by atoms with Gasteiger partial charge in [0.1, 0.15) is 0 Å². The van der Waals surface area contributed by atoms with Crippen LogP contribution in [0.25, 0.3) is 0 Å². The number of hydrogen-bond donors (Lipinski definition) is 4. The molecule has 0 aliphatic heterocycles. The molecular formula is C20H44N2O4. The maximum Gasteiger partial charge on any atom is 0.303 e. The van der Waals surface area contributed by atoms with Gasteiger partial charge in [0.15, 0.2) is 0 Å². The lowest BCUT2D eigenvalue weighted by Crippen LogP contribution is -1.93. The standard InChI is InChI=1S/C20H38O4.2H3N/c21-19(22)17-15-13-11-9-7-5-3-1-2-4-6-8-10-12-14-16-18-20(23)24;;/h1-18H2,(H,21,22)(H,23,24);2*1H3. The minimum atomic E-state index is -0.673. The summed E-state index contributed by atoms with van der Waals surface area (Å²) in [5.74, 6) is -1.35. The molecule has 0 bridgehead atoms. The van der Waals surface area contributed by atoms with Crippen LogP contribution in [0.5, 0.6) is 0 Å². The minimum absolute atomic E-state index is 0. The Morgan fingerprint density at radius 2 is 0.538 bits per heavy atom. The predicted molar refractivity (Wildman–Crippen MR) is 108 cm³/mol. The summed E-state index contributed by atoms with van der Waals surface area (Å²) in [5, 5.41) is 17.1. The number of aliphatic carboxylic acids is 2. The zero-order valence-corrected chi connectivity index (χ0v) is 16.9. The average molecular weight is 377 g/mol. The van der Waals surface area contributed by atoms with E-state index in [0.717, 1.165) is 25.7 Å². The van der Waals surface area contributed by atoms with Crippen molar-refractivity contribution in [3.63, 3.8) is 0 Å². The molecule has 158 valence electrons. The van der Waals surface area contributed by atoms with Crippen molar-refractivity contribution in [2.45, 2.75) is 116 Å². The van der Waals surface area contributed by atoms with E-state index in [-0.39, 0.29) is 12.3 Å². The van der Waals surface area contributed by atoms with Crippen molar-refractivity contribution < 1.29 is 19.8 Å². The molecule has 0 saturated carbocycles. The highest BCUT2D eigenvalue weighted by Gasteiger charge is 1.98. The van der Waals surface area contributed by atoms with Crippen molar-refractivity contribution in [3.05, 3.63) is 0 Å². The smallest absolute Gasteiger partial charge is 0.303 e. The van der Waals surface area contributed by atoms with Crippen LogP contribution in [-0.2, 0) is 9.59 Å². The summed E-state index contributed by atoms with van der Waals surface area (Å²) >= 11 is 0. The summed E-state index contributed by atoms with van der Waals surface area (Å²) in [4.78, 5) is 20.7. The molecule has 0 aromatic carbocycles. The highest BCUT2D eigenvalue weighted by Crippen LogP contribution is 2.14. The van der Waals surface area contributed by atoms with Gasteiger partial charge in [-0.3, -0.25) is 9.59 Å². The van der Waals surface area contributed by atoms with Crippen molar-refractivity contribution in [2.75, 3.05) is 0 Å². The van der Waals surface area contributed by atoms with Gasteiger partial charge in [-0.15, -0.1) is 0 Å². The summed E-state index contributed by atoms with van der Waals surface area (Å²) in [7, 11) is 0. The number of carboxylic acid groups (broad SMARTS) is 2. The molecule has 0 saturated heterocycles. The van der Waals surface area contributed by atoms with Gasteiger partial charge in [-0.2, -0.15) is 0 Å². The van der Waals surface area contributed by atoms with E-state index < -0.39 is 11.9 Å². The van der Waals surface area contributed by atoms with Crippen LogP contribution in [0.15, 0.2) is 0 Å². The van der Waals surface area contributed by atoms with E-state index in [1.807, 2.05) is 0 Å². The lowest BCUT2D eigenvalue weighted by Gasteiger charge is -2.03. The molecule has 0 heterocycles. The van der Waals surface area contributed by atoms with E-state index in [1.165, 1.54) is 77.0 Å². The van der Waals surface area contributed by atoms with Crippen LogP contribution < -0.4 is 12.3 Å². The van der Waals surface area contributed by atoms with Crippen LogP contribution in [0.2, 0.25) is 0 Å². The summed E-state index contributed by atoms with van der Waals surface area (Å²) in [6, 6.07) is 0. The Bertz CT molecular complexity index is 282. The van der Waals surface area contributed by atoms with Crippen molar-refractivity contribution >= 4 is 11.9 Å². The Morgan fingerprint density at radius 1 is 0.385 bits per heavy atom. The molecule has 0 aromatic rings. The van der Waals surface area contributed by atoms with Crippen molar-refractivity contribution in [3.8, 4) is 0 Å². The molecule has 26 heavy (non-hydrogen) atoms. The van der Waals surface area contributed by atoms with Gasteiger partial charge in [-0.05, 0) is 12.8 Å². The zero-order valence-electron chi connectivity index (χ0n) is 16.9. The molecule has 6 nitrogen and oxygen atoms in total. The Hall–Kier alpha value is -1.14. The van der Waals surface area contributed by atoms with Crippen LogP contribution in [0.3, 0.4) is 0 Å². The van der Waals surface area contributed by atoms with Gasteiger partial charge in [0.25, 0.3) is 0 Å². The average Bonchev–Trinajstić information content (AvgIpc) is 2.53. The first kappa shape index (κ1) is 29.6. The third-order valence-electron chi connectivity index (χ3n) is 4.53. The van der Waals surface area contributed by atoms with Crippen LogP contribution in [-0.4, -0.2) is 22.2 Å². The monoisotopic (exact) mass is 376 g/mol. The number of carboxylic acids is 2. The molecule has 0 aromatic heterocycles. The van der Waals surface area contributed by atoms with E-state index in [0.29, 0.717) is 12.8 Å².